The lowest BCUT2D eigenvalue weighted by atomic mass is 10.3. The number of nitrogens with one attached hydrogen (secondary N) is 1. The van der Waals surface area contributed by atoms with Crippen LogP contribution in [-0.2, 0) is 4.79 Å². The van der Waals surface area contributed by atoms with Crippen molar-refractivity contribution < 1.29 is 18.3 Å². The maximum Gasteiger partial charge on any atom is 0.262 e. The van der Waals surface area contributed by atoms with Gasteiger partial charge >= 0.3 is 0 Å². The summed E-state index contributed by atoms with van der Waals surface area (Å²) < 4.78 is 31.5. The standard InChI is InChI=1S/C14H9BrClF2NO2/c15-10-5-8(17)1-4-13(10)19-14(20)7-21-9-2-3-12(18)11(16)6-9/h1-6H,7H2,(H,19,20). The number of halogens is 4. The number of hydrogen-bond acceptors (Lipinski definition) is 2. The molecule has 110 valence electrons. The smallest absolute Gasteiger partial charge is 0.262 e. The van der Waals surface area contributed by atoms with Crippen molar-refractivity contribution in [2.45, 2.75) is 0 Å². The Balaban J connectivity index is 1.94. The predicted molar refractivity (Wildman–Crippen MR) is 79.6 cm³/mol. The van der Waals surface area contributed by atoms with Crippen molar-refractivity contribution in [1.82, 2.24) is 0 Å². The fourth-order valence-corrected chi connectivity index (χ4v) is 2.11. The number of amides is 1. The molecule has 3 nitrogen and oxygen atoms in total. The van der Waals surface area contributed by atoms with E-state index in [1.54, 1.807) is 0 Å². The molecule has 0 fully saturated rings. The van der Waals surface area contributed by atoms with Crippen LogP contribution < -0.4 is 10.1 Å². The number of benzene rings is 2. The predicted octanol–water partition coefficient (Wildman–Crippen LogP) is 4.40. The molecular formula is C14H9BrClF2NO2. The number of anilines is 1. The Kier molecular flexibility index (Phi) is 5.14. The second-order valence-electron chi connectivity index (χ2n) is 4.04. The topological polar surface area (TPSA) is 38.3 Å². The van der Waals surface area contributed by atoms with Crippen LogP contribution in [-0.4, -0.2) is 12.5 Å². The minimum absolute atomic E-state index is 0.0887. The molecule has 0 aromatic heterocycles. The van der Waals surface area contributed by atoms with Crippen molar-refractivity contribution >= 4 is 39.1 Å². The molecule has 0 aliphatic heterocycles. The normalized spacial score (nSPS) is 10.3. The van der Waals surface area contributed by atoms with E-state index in [2.05, 4.69) is 21.2 Å². The Morgan fingerprint density at radius 3 is 2.67 bits per heavy atom. The molecule has 7 heteroatoms. The highest BCUT2D eigenvalue weighted by Gasteiger charge is 2.08. The first-order chi connectivity index (χ1) is 9.95. The third kappa shape index (κ3) is 4.41. The highest BCUT2D eigenvalue weighted by atomic mass is 79.9. The van der Waals surface area contributed by atoms with Crippen molar-refractivity contribution in [3.8, 4) is 5.75 Å². The highest BCUT2D eigenvalue weighted by molar-refractivity contribution is 9.10. The zero-order chi connectivity index (χ0) is 15.4. The summed E-state index contributed by atoms with van der Waals surface area (Å²) in [7, 11) is 0. The molecule has 2 aromatic rings. The lowest BCUT2D eigenvalue weighted by Crippen LogP contribution is -2.20. The van der Waals surface area contributed by atoms with Crippen LogP contribution in [0.5, 0.6) is 5.75 Å². The van der Waals surface area contributed by atoms with Gasteiger partial charge in [0.2, 0.25) is 0 Å². The van der Waals surface area contributed by atoms with Crippen molar-refractivity contribution in [2.75, 3.05) is 11.9 Å². The maximum absolute atomic E-state index is 13.0. The van der Waals surface area contributed by atoms with Gasteiger partial charge in [-0.05, 0) is 46.3 Å². The molecule has 1 N–H and O–H groups in total. The van der Waals surface area contributed by atoms with E-state index in [-0.39, 0.29) is 17.4 Å². The Morgan fingerprint density at radius 1 is 1.24 bits per heavy atom. The summed E-state index contributed by atoms with van der Waals surface area (Å²) in [6.07, 6.45) is 0. The monoisotopic (exact) mass is 375 g/mol. The van der Waals surface area contributed by atoms with Gasteiger partial charge in [-0.15, -0.1) is 0 Å². The van der Waals surface area contributed by atoms with Gasteiger partial charge in [0.15, 0.2) is 6.61 Å². The summed E-state index contributed by atoms with van der Waals surface area (Å²) in [5.41, 5.74) is 0.419. The molecule has 0 saturated heterocycles. The van der Waals surface area contributed by atoms with Crippen LogP contribution in [0.15, 0.2) is 40.9 Å². The van der Waals surface area contributed by atoms with Gasteiger partial charge in [0.25, 0.3) is 5.91 Å². The van der Waals surface area contributed by atoms with Crippen LogP contribution in [0.3, 0.4) is 0 Å². The van der Waals surface area contributed by atoms with E-state index in [1.165, 1.54) is 30.3 Å². The second kappa shape index (κ2) is 6.87. The number of carbonyl (C=O) groups is 1. The van der Waals surface area contributed by atoms with Gasteiger partial charge in [0.1, 0.15) is 17.4 Å². The Hall–Kier alpha value is -1.66. The van der Waals surface area contributed by atoms with Crippen LogP contribution in [0.4, 0.5) is 14.5 Å². The number of hydrogen-bond donors (Lipinski definition) is 1. The largest absolute Gasteiger partial charge is 0.484 e. The minimum Gasteiger partial charge on any atom is -0.484 e. The first-order valence-corrected chi connectivity index (χ1v) is 6.95. The second-order valence-corrected chi connectivity index (χ2v) is 5.30. The highest BCUT2D eigenvalue weighted by Crippen LogP contribution is 2.23. The summed E-state index contributed by atoms with van der Waals surface area (Å²) >= 11 is 8.73. The molecule has 0 bridgehead atoms. The minimum atomic E-state index is -0.566. The molecule has 0 atom stereocenters. The fourth-order valence-electron chi connectivity index (χ4n) is 1.49. The summed E-state index contributed by atoms with van der Waals surface area (Å²) in [5, 5.41) is 2.46. The zero-order valence-corrected chi connectivity index (χ0v) is 12.8. The molecule has 2 rings (SSSR count). The summed E-state index contributed by atoms with van der Waals surface area (Å²) in [5.74, 6) is -1.15. The molecule has 0 spiro atoms. The van der Waals surface area contributed by atoms with Crippen molar-refractivity contribution in [2.24, 2.45) is 0 Å². The average molecular weight is 377 g/mol. The summed E-state index contributed by atoms with van der Waals surface area (Å²) in [6.45, 7) is -0.286. The molecule has 2 aromatic carbocycles. The number of carbonyl (C=O) groups excluding carboxylic acids is 1. The Labute approximate surface area is 133 Å². The van der Waals surface area contributed by atoms with Gasteiger partial charge in [0, 0.05) is 10.5 Å². The van der Waals surface area contributed by atoms with Crippen molar-refractivity contribution in [3.05, 3.63) is 57.5 Å². The molecule has 21 heavy (non-hydrogen) atoms. The first-order valence-electron chi connectivity index (χ1n) is 5.78. The van der Waals surface area contributed by atoms with Gasteiger partial charge in [-0.2, -0.15) is 0 Å². The van der Waals surface area contributed by atoms with E-state index in [1.807, 2.05) is 0 Å². The third-order valence-corrected chi connectivity index (χ3v) is 3.41. The Bertz CT molecular complexity index is 682. The van der Waals surface area contributed by atoms with Crippen LogP contribution in [0.2, 0.25) is 5.02 Å². The van der Waals surface area contributed by atoms with Crippen molar-refractivity contribution in [3.63, 3.8) is 0 Å². The van der Waals surface area contributed by atoms with Gasteiger partial charge < -0.3 is 10.1 Å². The van der Waals surface area contributed by atoms with Crippen LogP contribution >= 0.6 is 27.5 Å². The Morgan fingerprint density at radius 2 is 2.00 bits per heavy atom. The van der Waals surface area contributed by atoms with Crippen LogP contribution in [0.1, 0.15) is 0 Å². The molecule has 0 radical (unpaired) electrons. The zero-order valence-electron chi connectivity index (χ0n) is 10.5. The molecule has 0 saturated carbocycles. The fraction of sp³-hybridized carbons (Fsp3) is 0.0714. The van der Waals surface area contributed by atoms with Crippen LogP contribution in [0, 0.1) is 11.6 Å². The lowest BCUT2D eigenvalue weighted by Gasteiger charge is -2.09. The quantitative estimate of drug-likeness (QED) is 0.859. The maximum atomic E-state index is 13.0. The summed E-state index contributed by atoms with van der Waals surface area (Å²) in [4.78, 5) is 11.7. The molecular weight excluding hydrogens is 368 g/mol. The van der Waals surface area contributed by atoms with Crippen molar-refractivity contribution in [1.29, 1.82) is 0 Å². The lowest BCUT2D eigenvalue weighted by molar-refractivity contribution is -0.118. The van der Waals surface area contributed by atoms with Gasteiger partial charge in [-0.3, -0.25) is 4.79 Å². The van der Waals surface area contributed by atoms with Gasteiger partial charge in [-0.1, -0.05) is 11.6 Å². The number of rotatable bonds is 4. The van der Waals surface area contributed by atoms with E-state index in [4.69, 9.17) is 16.3 Å². The molecule has 0 aliphatic carbocycles. The third-order valence-electron chi connectivity index (χ3n) is 2.47. The van der Waals surface area contributed by atoms with Gasteiger partial charge in [0.05, 0.1) is 10.7 Å². The molecule has 0 heterocycles. The van der Waals surface area contributed by atoms with E-state index < -0.39 is 17.5 Å². The molecule has 1 amide bonds. The van der Waals surface area contributed by atoms with Gasteiger partial charge in [-0.25, -0.2) is 8.78 Å². The average Bonchev–Trinajstić information content (AvgIpc) is 2.43. The number of ether oxygens (including phenoxy) is 1. The van der Waals surface area contributed by atoms with E-state index >= 15 is 0 Å². The van der Waals surface area contributed by atoms with E-state index in [0.29, 0.717) is 10.2 Å². The summed E-state index contributed by atoms with van der Waals surface area (Å²) in [6, 6.07) is 7.66. The first kappa shape index (κ1) is 15.7. The van der Waals surface area contributed by atoms with E-state index in [0.717, 1.165) is 6.07 Å². The molecule has 0 aliphatic rings. The van der Waals surface area contributed by atoms with Crippen LogP contribution in [0.25, 0.3) is 0 Å². The SMILES string of the molecule is O=C(COc1ccc(F)c(Cl)c1)Nc1ccc(F)cc1Br. The molecule has 0 unspecified atom stereocenters. The van der Waals surface area contributed by atoms with E-state index in [9.17, 15) is 13.6 Å².